The molecule has 1 aliphatic rings. The average Bonchev–Trinajstić information content (AvgIpc) is 3.04. The Bertz CT molecular complexity index is 841. The molecule has 0 saturated carbocycles. The number of aromatic nitrogens is 4. The number of anilines is 1. The molecule has 108 valence electrons. The summed E-state index contributed by atoms with van der Waals surface area (Å²) in [5.41, 5.74) is 2.92. The minimum absolute atomic E-state index is 0.109. The lowest BCUT2D eigenvalue weighted by Crippen LogP contribution is -2.20. The minimum atomic E-state index is -0.109. The SMILES string of the molecule is Clc1ccccc1[C@H]1C=C(c2cccnc2)Nc2ncnn21. The summed E-state index contributed by atoms with van der Waals surface area (Å²) in [4.78, 5) is 8.44. The standard InChI is InChI=1S/C16H12ClN5/c17-13-6-2-1-5-12(13)15-8-14(11-4-3-7-18-9-11)21-16-19-10-20-22(15)16/h1-10,15H,(H,19,20,21)/t15-/m1/s1. The highest BCUT2D eigenvalue weighted by Crippen LogP contribution is 2.34. The molecule has 2 aromatic heterocycles. The first-order chi connectivity index (χ1) is 10.8. The molecule has 0 fully saturated rings. The van der Waals surface area contributed by atoms with E-state index in [9.17, 15) is 0 Å². The van der Waals surface area contributed by atoms with Crippen molar-refractivity contribution in [2.24, 2.45) is 0 Å². The lowest BCUT2D eigenvalue weighted by molar-refractivity contribution is 0.612. The zero-order chi connectivity index (χ0) is 14.9. The van der Waals surface area contributed by atoms with Crippen LogP contribution in [0.1, 0.15) is 17.2 Å². The highest BCUT2D eigenvalue weighted by molar-refractivity contribution is 6.31. The summed E-state index contributed by atoms with van der Waals surface area (Å²) in [6, 6.07) is 11.6. The number of allylic oxidation sites excluding steroid dienone is 1. The van der Waals surface area contributed by atoms with Crippen molar-refractivity contribution in [1.29, 1.82) is 0 Å². The Morgan fingerprint density at radius 1 is 1.14 bits per heavy atom. The van der Waals surface area contributed by atoms with Crippen LogP contribution in [-0.4, -0.2) is 19.7 Å². The van der Waals surface area contributed by atoms with Crippen molar-refractivity contribution in [3.63, 3.8) is 0 Å². The second-order valence-electron chi connectivity index (χ2n) is 4.94. The van der Waals surface area contributed by atoms with Gasteiger partial charge in [-0.15, -0.1) is 0 Å². The Hall–Kier alpha value is -2.66. The van der Waals surface area contributed by atoms with E-state index in [4.69, 9.17) is 11.6 Å². The maximum absolute atomic E-state index is 6.36. The molecule has 0 saturated heterocycles. The van der Waals surface area contributed by atoms with Crippen LogP contribution in [0.2, 0.25) is 5.02 Å². The number of halogens is 1. The topological polar surface area (TPSA) is 55.6 Å². The summed E-state index contributed by atoms with van der Waals surface area (Å²) in [6.07, 6.45) is 7.18. The van der Waals surface area contributed by atoms with Gasteiger partial charge < -0.3 is 5.32 Å². The molecule has 0 unspecified atom stereocenters. The largest absolute Gasteiger partial charge is 0.324 e. The third-order valence-electron chi connectivity index (χ3n) is 3.60. The Kier molecular flexibility index (Phi) is 3.12. The normalized spacial score (nSPS) is 16.6. The Balaban J connectivity index is 1.86. The van der Waals surface area contributed by atoms with Crippen LogP contribution < -0.4 is 5.32 Å². The molecule has 0 amide bonds. The smallest absolute Gasteiger partial charge is 0.226 e. The maximum atomic E-state index is 6.36. The maximum Gasteiger partial charge on any atom is 0.226 e. The van der Waals surface area contributed by atoms with Gasteiger partial charge in [-0.3, -0.25) is 4.98 Å². The van der Waals surface area contributed by atoms with E-state index in [1.807, 2.05) is 47.3 Å². The van der Waals surface area contributed by atoms with Crippen LogP contribution in [-0.2, 0) is 0 Å². The zero-order valence-corrected chi connectivity index (χ0v) is 12.3. The summed E-state index contributed by atoms with van der Waals surface area (Å²) in [7, 11) is 0. The van der Waals surface area contributed by atoms with Crippen molar-refractivity contribution in [2.75, 3.05) is 5.32 Å². The molecule has 0 bridgehead atoms. The van der Waals surface area contributed by atoms with E-state index in [1.54, 1.807) is 6.20 Å². The van der Waals surface area contributed by atoms with Gasteiger partial charge in [0.15, 0.2) is 0 Å². The highest BCUT2D eigenvalue weighted by Gasteiger charge is 2.24. The molecule has 0 spiro atoms. The molecule has 3 heterocycles. The lowest BCUT2D eigenvalue weighted by atomic mass is 10.0. The van der Waals surface area contributed by atoms with Crippen LogP contribution in [0.25, 0.3) is 5.70 Å². The number of pyridine rings is 1. The fourth-order valence-corrected chi connectivity index (χ4v) is 2.81. The molecule has 6 heteroatoms. The second-order valence-corrected chi connectivity index (χ2v) is 5.35. The van der Waals surface area contributed by atoms with Gasteiger partial charge in [0.25, 0.3) is 0 Å². The van der Waals surface area contributed by atoms with Gasteiger partial charge in [-0.2, -0.15) is 10.1 Å². The van der Waals surface area contributed by atoms with Gasteiger partial charge >= 0.3 is 0 Å². The molecular formula is C16H12ClN5. The number of fused-ring (bicyclic) bond motifs is 1. The van der Waals surface area contributed by atoms with Crippen LogP contribution in [0.4, 0.5) is 5.95 Å². The molecule has 3 aromatic rings. The zero-order valence-electron chi connectivity index (χ0n) is 11.5. The van der Waals surface area contributed by atoms with E-state index >= 15 is 0 Å². The number of nitrogens with zero attached hydrogens (tertiary/aromatic N) is 4. The van der Waals surface area contributed by atoms with Crippen LogP contribution >= 0.6 is 11.6 Å². The molecule has 1 aliphatic heterocycles. The number of benzene rings is 1. The molecule has 5 nitrogen and oxygen atoms in total. The van der Waals surface area contributed by atoms with Gasteiger partial charge in [0.1, 0.15) is 12.4 Å². The molecule has 1 aromatic carbocycles. The van der Waals surface area contributed by atoms with E-state index in [0.717, 1.165) is 16.8 Å². The summed E-state index contributed by atoms with van der Waals surface area (Å²) in [5.74, 6) is 0.686. The fraction of sp³-hybridized carbons (Fsp3) is 0.0625. The summed E-state index contributed by atoms with van der Waals surface area (Å²) in [6.45, 7) is 0. The molecule has 0 radical (unpaired) electrons. The highest BCUT2D eigenvalue weighted by atomic mass is 35.5. The Labute approximate surface area is 132 Å². The summed E-state index contributed by atoms with van der Waals surface area (Å²) in [5, 5.41) is 8.29. The van der Waals surface area contributed by atoms with Crippen LogP contribution in [0.3, 0.4) is 0 Å². The molecule has 1 N–H and O–H groups in total. The predicted octanol–water partition coefficient (Wildman–Crippen LogP) is 3.38. The van der Waals surface area contributed by atoms with Crippen molar-refractivity contribution < 1.29 is 0 Å². The molecule has 22 heavy (non-hydrogen) atoms. The van der Waals surface area contributed by atoms with Crippen LogP contribution in [0.5, 0.6) is 0 Å². The summed E-state index contributed by atoms with van der Waals surface area (Å²) < 4.78 is 1.82. The van der Waals surface area contributed by atoms with Crippen molar-refractivity contribution >= 4 is 23.2 Å². The van der Waals surface area contributed by atoms with Crippen LogP contribution in [0.15, 0.2) is 61.2 Å². The average molecular weight is 310 g/mol. The van der Waals surface area contributed by atoms with Crippen molar-refractivity contribution in [1.82, 2.24) is 19.7 Å². The fourth-order valence-electron chi connectivity index (χ4n) is 2.56. The molecule has 0 aliphatic carbocycles. The third-order valence-corrected chi connectivity index (χ3v) is 3.95. The van der Waals surface area contributed by atoms with E-state index in [-0.39, 0.29) is 6.04 Å². The number of rotatable bonds is 2. The first kappa shape index (κ1) is 13.0. The van der Waals surface area contributed by atoms with Gasteiger partial charge in [0.2, 0.25) is 5.95 Å². The van der Waals surface area contributed by atoms with Crippen molar-refractivity contribution in [3.05, 3.63) is 77.3 Å². The molecule has 1 atom stereocenters. The third kappa shape index (κ3) is 2.16. The van der Waals surface area contributed by atoms with E-state index in [2.05, 4.69) is 26.5 Å². The van der Waals surface area contributed by atoms with Gasteiger partial charge in [-0.05, 0) is 29.8 Å². The van der Waals surface area contributed by atoms with Gasteiger partial charge in [0.05, 0.1) is 0 Å². The number of nitrogens with one attached hydrogen (secondary N) is 1. The lowest BCUT2D eigenvalue weighted by Gasteiger charge is -2.24. The predicted molar refractivity (Wildman–Crippen MR) is 85.4 cm³/mol. The summed E-state index contributed by atoms with van der Waals surface area (Å²) >= 11 is 6.36. The minimum Gasteiger partial charge on any atom is -0.324 e. The van der Waals surface area contributed by atoms with Crippen LogP contribution in [0, 0.1) is 0 Å². The monoisotopic (exact) mass is 309 g/mol. The Morgan fingerprint density at radius 3 is 2.86 bits per heavy atom. The van der Waals surface area contributed by atoms with Crippen molar-refractivity contribution in [2.45, 2.75) is 6.04 Å². The van der Waals surface area contributed by atoms with Gasteiger partial charge in [-0.25, -0.2) is 4.68 Å². The first-order valence-electron chi connectivity index (χ1n) is 6.86. The van der Waals surface area contributed by atoms with E-state index in [1.165, 1.54) is 6.33 Å². The quantitative estimate of drug-likeness (QED) is 0.788. The number of hydrogen-bond acceptors (Lipinski definition) is 4. The van der Waals surface area contributed by atoms with E-state index in [0.29, 0.717) is 11.0 Å². The van der Waals surface area contributed by atoms with Gasteiger partial charge in [0, 0.05) is 28.7 Å². The van der Waals surface area contributed by atoms with Crippen molar-refractivity contribution in [3.8, 4) is 0 Å². The molecular weight excluding hydrogens is 298 g/mol. The molecule has 4 rings (SSSR count). The first-order valence-corrected chi connectivity index (χ1v) is 7.24. The van der Waals surface area contributed by atoms with Gasteiger partial charge in [-0.1, -0.05) is 29.8 Å². The Morgan fingerprint density at radius 2 is 2.05 bits per heavy atom. The second kappa shape index (κ2) is 5.27. The van der Waals surface area contributed by atoms with E-state index < -0.39 is 0 Å². The number of hydrogen-bond donors (Lipinski definition) is 1.